The van der Waals surface area contributed by atoms with Crippen molar-refractivity contribution >= 4 is 50.7 Å². The van der Waals surface area contributed by atoms with Gasteiger partial charge in [0.1, 0.15) is 6.04 Å². The van der Waals surface area contributed by atoms with Crippen LogP contribution in [0.5, 0.6) is 0 Å². The maximum absolute atomic E-state index is 14.0. The number of hydrogen-bond donors (Lipinski definition) is 1. The van der Waals surface area contributed by atoms with E-state index >= 15 is 0 Å². The minimum absolute atomic E-state index is 0.0240. The Hall–Kier alpha value is -3.07. The first kappa shape index (κ1) is 34.4. The molecule has 3 rings (SSSR count). The molecule has 1 N–H and O–H groups in total. The maximum Gasteiger partial charge on any atom is 0.243 e. The van der Waals surface area contributed by atoms with E-state index in [0.29, 0.717) is 21.3 Å². The van der Waals surface area contributed by atoms with Crippen LogP contribution in [0.4, 0.5) is 5.69 Å². The summed E-state index contributed by atoms with van der Waals surface area (Å²) in [5.41, 5.74) is 3.44. The first-order chi connectivity index (χ1) is 20.1. The van der Waals surface area contributed by atoms with Crippen LogP contribution in [0.25, 0.3) is 0 Å². The Labute approximate surface area is 266 Å². The van der Waals surface area contributed by atoms with Crippen LogP contribution < -0.4 is 9.62 Å². The van der Waals surface area contributed by atoms with Gasteiger partial charge >= 0.3 is 0 Å². The topological polar surface area (TPSA) is 86.8 Å². The lowest BCUT2D eigenvalue weighted by atomic mass is 10.00. The molecule has 7 nitrogen and oxygen atoms in total. The van der Waals surface area contributed by atoms with Gasteiger partial charge in [-0.1, -0.05) is 71.7 Å². The molecular weight excluding hydrogens is 605 g/mol. The molecule has 1 atom stereocenters. The van der Waals surface area contributed by atoms with Crippen molar-refractivity contribution in [1.29, 1.82) is 0 Å². The average Bonchev–Trinajstić information content (AvgIpc) is 2.90. The van der Waals surface area contributed by atoms with Crippen LogP contribution in [-0.4, -0.2) is 49.5 Å². The van der Waals surface area contributed by atoms with Gasteiger partial charge in [0.2, 0.25) is 21.8 Å². The fourth-order valence-corrected chi connectivity index (χ4v) is 6.31. The van der Waals surface area contributed by atoms with Crippen LogP contribution in [0.15, 0.2) is 66.7 Å². The van der Waals surface area contributed by atoms with Crippen LogP contribution >= 0.6 is 23.2 Å². The molecule has 0 aliphatic carbocycles. The van der Waals surface area contributed by atoms with Crippen molar-refractivity contribution in [2.24, 2.45) is 0 Å². The summed E-state index contributed by atoms with van der Waals surface area (Å²) in [7, 11) is -3.61. The van der Waals surface area contributed by atoms with Crippen molar-refractivity contribution in [2.45, 2.75) is 72.0 Å². The summed E-state index contributed by atoms with van der Waals surface area (Å²) in [6.07, 6.45) is 1.73. The lowest BCUT2D eigenvalue weighted by Crippen LogP contribution is -2.54. The maximum atomic E-state index is 14.0. The number of sulfonamides is 1. The van der Waals surface area contributed by atoms with E-state index in [2.05, 4.69) is 5.32 Å². The third-order valence-corrected chi connectivity index (χ3v) is 8.89. The predicted molar refractivity (Wildman–Crippen MR) is 176 cm³/mol. The highest BCUT2D eigenvalue weighted by atomic mass is 35.5. The summed E-state index contributed by atoms with van der Waals surface area (Å²) in [5.74, 6) is -0.576. The van der Waals surface area contributed by atoms with Crippen LogP contribution in [0, 0.1) is 13.8 Å². The van der Waals surface area contributed by atoms with Gasteiger partial charge < -0.3 is 10.2 Å². The minimum atomic E-state index is -3.61. The second kappa shape index (κ2) is 14.6. The predicted octanol–water partition coefficient (Wildman–Crippen LogP) is 6.71. The Morgan fingerprint density at radius 1 is 0.953 bits per heavy atom. The minimum Gasteiger partial charge on any atom is -0.350 e. The van der Waals surface area contributed by atoms with Crippen molar-refractivity contribution in [3.63, 3.8) is 0 Å². The summed E-state index contributed by atoms with van der Waals surface area (Å²) in [6, 6.07) is 19.2. The number of nitrogens with zero attached hydrogens (tertiary/aromatic N) is 2. The van der Waals surface area contributed by atoms with E-state index in [0.717, 1.165) is 22.9 Å². The average molecular weight is 647 g/mol. The summed E-state index contributed by atoms with van der Waals surface area (Å²) >= 11 is 12.7. The van der Waals surface area contributed by atoms with Gasteiger partial charge in [0.15, 0.2) is 0 Å². The second-order valence-electron chi connectivity index (χ2n) is 11.9. The summed E-state index contributed by atoms with van der Waals surface area (Å²) in [6.45, 7) is 9.67. The van der Waals surface area contributed by atoms with Crippen molar-refractivity contribution < 1.29 is 18.0 Å². The number of halogens is 2. The fraction of sp³-hybridized carbons (Fsp3) is 0.394. The van der Waals surface area contributed by atoms with Crippen molar-refractivity contribution in [3.8, 4) is 0 Å². The van der Waals surface area contributed by atoms with Crippen LogP contribution in [-0.2, 0) is 32.6 Å². The molecule has 10 heteroatoms. The molecule has 0 bridgehead atoms. The van der Waals surface area contributed by atoms with Gasteiger partial charge in [0.05, 0.1) is 11.9 Å². The normalized spacial score (nSPS) is 12.5. The lowest BCUT2D eigenvalue weighted by molar-refractivity contribution is -0.142. The number of carbonyl (C=O) groups is 2. The van der Waals surface area contributed by atoms with Crippen molar-refractivity contribution in [2.75, 3.05) is 17.1 Å². The van der Waals surface area contributed by atoms with Gasteiger partial charge in [-0.15, -0.1) is 0 Å². The van der Waals surface area contributed by atoms with Gasteiger partial charge in [-0.3, -0.25) is 13.9 Å². The number of aryl methyl sites for hydroxylation is 1. The van der Waals surface area contributed by atoms with E-state index in [4.69, 9.17) is 23.2 Å². The van der Waals surface area contributed by atoms with E-state index < -0.39 is 21.6 Å². The van der Waals surface area contributed by atoms with Crippen LogP contribution in [0.1, 0.15) is 55.9 Å². The Balaban J connectivity index is 1.95. The summed E-state index contributed by atoms with van der Waals surface area (Å²) < 4.78 is 26.9. The Morgan fingerprint density at radius 2 is 1.63 bits per heavy atom. The molecule has 0 heterocycles. The van der Waals surface area contributed by atoms with Crippen LogP contribution in [0.2, 0.25) is 10.0 Å². The Kier molecular flexibility index (Phi) is 11.7. The van der Waals surface area contributed by atoms with E-state index in [1.54, 1.807) is 29.2 Å². The number of nitrogens with one attached hydrogen (secondary N) is 1. The number of hydrogen-bond acceptors (Lipinski definition) is 4. The zero-order chi connectivity index (χ0) is 31.9. The van der Waals surface area contributed by atoms with Crippen molar-refractivity contribution in [3.05, 3.63) is 99.0 Å². The number of amides is 2. The monoisotopic (exact) mass is 645 g/mol. The van der Waals surface area contributed by atoms with Gasteiger partial charge in [-0.2, -0.15) is 0 Å². The molecule has 0 aliphatic rings. The molecule has 0 aliphatic heterocycles. The zero-order valence-corrected chi connectivity index (χ0v) is 28.0. The smallest absolute Gasteiger partial charge is 0.243 e. The van der Waals surface area contributed by atoms with Gasteiger partial charge in [0, 0.05) is 41.5 Å². The third kappa shape index (κ3) is 9.98. The SMILES string of the molecule is Cc1cccc(N(CCCC(=O)N(Cc2ccc(Cl)cc2Cl)C(Cc2ccccc2)C(=O)NC(C)(C)C)S(C)(=O)=O)c1C. The third-order valence-electron chi connectivity index (χ3n) is 7.12. The Bertz CT molecular complexity index is 1540. The van der Waals surface area contributed by atoms with Gasteiger partial charge in [-0.25, -0.2) is 8.42 Å². The molecular formula is C33H41Cl2N3O4S. The molecule has 0 saturated carbocycles. The molecule has 43 heavy (non-hydrogen) atoms. The highest BCUT2D eigenvalue weighted by Crippen LogP contribution is 2.27. The van der Waals surface area contributed by atoms with E-state index in [1.807, 2.05) is 77.1 Å². The Morgan fingerprint density at radius 3 is 2.23 bits per heavy atom. The lowest BCUT2D eigenvalue weighted by Gasteiger charge is -2.34. The zero-order valence-electron chi connectivity index (χ0n) is 25.7. The summed E-state index contributed by atoms with van der Waals surface area (Å²) in [4.78, 5) is 29.3. The number of carbonyl (C=O) groups excluding carboxylic acids is 2. The fourth-order valence-electron chi connectivity index (χ4n) is 4.83. The highest BCUT2D eigenvalue weighted by molar-refractivity contribution is 7.92. The first-order valence-electron chi connectivity index (χ1n) is 14.2. The first-order valence-corrected chi connectivity index (χ1v) is 16.8. The summed E-state index contributed by atoms with van der Waals surface area (Å²) in [5, 5.41) is 3.89. The van der Waals surface area contributed by atoms with Gasteiger partial charge in [-0.05, 0) is 81.5 Å². The molecule has 2 amide bonds. The quantitative estimate of drug-likeness (QED) is 0.237. The molecule has 3 aromatic carbocycles. The highest BCUT2D eigenvalue weighted by Gasteiger charge is 2.32. The molecule has 1 unspecified atom stereocenters. The number of anilines is 1. The van der Waals surface area contributed by atoms with E-state index in [-0.39, 0.29) is 44.2 Å². The second-order valence-corrected chi connectivity index (χ2v) is 14.6. The van der Waals surface area contributed by atoms with Crippen molar-refractivity contribution in [1.82, 2.24) is 10.2 Å². The molecule has 0 spiro atoms. The molecule has 0 fully saturated rings. The molecule has 3 aromatic rings. The molecule has 0 saturated heterocycles. The van der Waals surface area contributed by atoms with E-state index in [1.165, 1.54) is 4.31 Å². The number of rotatable bonds is 12. The number of benzene rings is 3. The molecule has 232 valence electrons. The van der Waals surface area contributed by atoms with E-state index in [9.17, 15) is 18.0 Å². The molecule has 0 radical (unpaired) electrons. The largest absolute Gasteiger partial charge is 0.350 e. The van der Waals surface area contributed by atoms with Crippen LogP contribution in [0.3, 0.4) is 0 Å². The standard InChI is InChI=1S/C33H41Cl2N3O4S/c1-23-12-10-15-29(24(23)2)38(43(6,41)42)19-11-16-31(39)37(22-26-17-18-27(34)21-28(26)35)30(32(40)36-33(3,4)5)20-25-13-8-7-9-14-25/h7-10,12-15,17-18,21,30H,11,16,19-20,22H2,1-6H3,(H,36,40). The van der Waals surface area contributed by atoms with Gasteiger partial charge in [0.25, 0.3) is 0 Å². The molecule has 0 aromatic heterocycles.